The van der Waals surface area contributed by atoms with Gasteiger partial charge in [0.2, 0.25) is 0 Å². The van der Waals surface area contributed by atoms with Crippen LogP contribution in [0.5, 0.6) is 0 Å². The summed E-state index contributed by atoms with van der Waals surface area (Å²) in [5, 5.41) is 3.10. The average molecular weight is 433 g/mol. The maximum atomic E-state index is 12.9. The first-order valence-electron chi connectivity index (χ1n) is 9.21. The van der Waals surface area contributed by atoms with Crippen LogP contribution in [-0.2, 0) is 9.84 Å². The number of thiazole rings is 1. The quantitative estimate of drug-likeness (QED) is 0.567. The van der Waals surface area contributed by atoms with Crippen molar-refractivity contribution >= 4 is 37.9 Å². The zero-order valence-electron chi connectivity index (χ0n) is 15.5. The molecule has 0 atom stereocenters. The summed E-state index contributed by atoms with van der Waals surface area (Å²) in [7, 11) is -3.36. The fourth-order valence-electron chi connectivity index (χ4n) is 3.59. The van der Waals surface area contributed by atoms with Gasteiger partial charge in [-0.1, -0.05) is 41.9 Å². The molecule has 2 aromatic carbocycles. The molecule has 1 aromatic heterocycles. The molecule has 146 valence electrons. The van der Waals surface area contributed by atoms with Crippen LogP contribution in [0.3, 0.4) is 0 Å². The minimum absolute atomic E-state index is 0.314. The lowest BCUT2D eigenvalue weighted by Crippen LogP contribution is -2.39. The van der Waals surface area contributed by atoms with Crippen molar-refractivity contribution in [3.63, 3.8) is 0 Å². The van der Waals surface area contributed by atoms with Crippen molar-refractivity contribution in [2.45, 2.75) is 29.9 Å². The van der Waals surface area contributed by atoms with Crippen LogP contribution in [0.25, 0.3) is 11.3 Å². The van der Waals surface area contributed by atoms with E-state index >= 15 is 0 Å². The van der Waals surface area contributed by atoms with Gasteiger partial charge in [-0.2, -0.15) is 0 Å². The van der Waals surface area contributed by atoms with E-state index in [9.17, 15) is 8.42 Å². The molecule has 3 aromatic rings. The highest BCUT2D eigenvalue weighted by Gasteiger charge is 2.32. The van der Waals surface area contributed by atoms with Crippen LogP contribution in [0.1, 0.15) is 18.4 Å². The third-order valence-corrected chi connectivity index (χ3v) is 8.59. The second-order valence-electron chi connectivity index (χ2n) is 7.02. The molecule has 1 saturated heterocycles. The summed E-state index contributed by atoms with van der Waals surface area (Å²) in [4.78, 5) is 7.30. The predicted molar refractivity (Wildman–Crippen MR) is 116 cm³/mol. The number of hydrogen-bond acceptors (Lipinski definition) is 5. The number of benzene rings is 2. The smallest absolute Gasteiger partial charge is 0.185 e. The molecule has 0 amide bonds. The zero-order chi connectivity index (χ0) is 19.7. The number of nitrogens with zero attached hydrogens (tertiary/aromatic N) is 2. The van der Waals surface area contributed by atoms with Crippen LogP contribution in [0, 0.1) is 6.92 Å². The molecule has 4 nitrogen and oxygen atoms in total. The standard InChI is InChI=1S/C21H21ClN2O2S2/c1-15-5-2-3-8-19(15)20-14-27-21(23-20)24-11-9-17(10-12-24)28(25,26)18-7-4-6-16(22)13-18/h2-8,13-14,17H,9-12H2,1H3. The van der Waals surface area contributed by atoms with E-state index in [1.54, 1.807) is 35.6 Å². The van der Waals surface area contributed by atoms with Gasteiger partial charge in [-0.05, 0) is 43.5 Å². The highest BCUT2D eigenvalue weighted by molar-refractivity contribution is 7.92. The van der Waals surface area contributed by atoms with Crippen LogP contribution in [0.4, 0.5) is 5.13 Å². The maximum Gasteiger partial charge on any atom is 0.185 e. The summed E-state index contributed by atoms with van der Waals surface area (Å²) in [5.74, 6) is 0. The molecule has 0 aliphatic carbocycles. The number of piperidine rings is 1. The number of rotatable bonds is 4. The predicted octanol–water partition coefficient (Wildman–Crippen LogP) is 5.21. The molecule has 0 saturated carbocycles. The van der Waals surface area contributed by atoms with Gasteiger partial charge in [-0.15, -0.1) is 11.3 Å². The van der Waals surface area contributed by atoms with Gasteiger partial charge in [0.15, 0.2) is 15.0 Å². The Morgan fingerprint density at radius 3 is 2.57 bits per heavy atom. The molecule has 28 heavy (non-hydrogen) atoms. The van der Waals surface area contributed by atoms with Crippen LogP contribution in [-0.4, -0.2) is 31.7 Å². The normalized spacial score (nSPS) is 15.7. The highest BCUT2D eigenvalue weighted by Crippen LogP contribution is 2.33. The number of halogens is 1. The van der Waals surface area contributed by atoms with E-state index in [4.69, 9.17) is 16.6 Å². The largest absolute Gasteiger partial charge is 0.348 e. The van der Waals surface area contributed by atoms with Crippen molar-refractivity contribution < 1.29 is 8.42 Å². The topological polar surface area (TPSA) is 50.3 Å². The second kappa shape index (κ2) is 7.85. The fourth-order valence-corrected chi connectivity index (χ4v) is 6.50. The Bertz CT molecular complexity index is 1090. The fraction of sp³-hybridized carbons (Fsp3) is 0.286. The number of aryl methyl sites for hydroxylation is 1. The van der Waals surface area contributed by atoms with E-state index < -0.39 is 9.84 Å². The summed E-state index contributed by atoms with van der Waals surface area (Å²) in [5.41, 5.74) is 3.32. The van der Waals surface area contributed by atoms with Crippen molar-refractivity contribution in [2.75, 3.05) is 18.0 Å². The Labute approximate surface area is 174 Å². The average Bonchev–Trinajstić information content (AvgIpc) is 3.18. The molecule has 1 fully saturated rings. The molecule has 0 N–H and O–H groups in total. The number of sulfone groups is 1. The van der Waals surface area contributed by atoms with Gasteiger partial charge in [-0.25, -0.2) is 13.4 Å². The maximum absolute atomic E-state index is 12.9. The van der Waals surface area contributed by atoms with E-state index in [0.29, 0.717) is 35.8 Å². The van der Waals surface area contributed by atoms with Gasteiger partial charge >= 0.3 is 0 Å². The summed E-state index contributed by atoms with van der Waals surface area (Å²) in [6.07, 6.45) is 1.18. The lowest BCUT2D eigenvalue weighted by atomic mass is 10.1. The molecule has 1 aliphatic heterocycles. The van der Waals surface area contributed by atoms with Gasteiger partial charge in [0.05, 0.1) is 15.8 Å². The summed E-state index contributed by atoms with van der Waals surface area (Å²) in [6.45, 7) is 3.46. The van der Waals surface area contributed by atoms with Crippen molar-refractivity contribution in [1.29, 1.82) is 0 Å². The Kier molecular flexibility index (Phi) is 5.45. The number of aromatic nitrogens is 1. The van der Waals surface area contributed by atoms with Gasteiger partial charge in [0.25, 0.3) is 0 Å². The van der Waals surface area contributed by atoms with Crippen molar-refractivity contribution in [3.05, 3.63) is 64.5 Å². The minimum Gasteiger partial charge on any atom is -0.348 e. The van der Waals surface area contributed by atoms with Crippen LogP contribution in [0.15, 0.2) is 58.8 Å². The Morgan fingerprint density at radius 2 is 1.86 bits per heavy atom. The van der Waals surface area contributed by atoms with E-state index in [1.807, 2.05) is 12.1 Å². The van der Waals surface area contributed by atoms with Gasteiger partial charge in [0, 0.05) is 29.1 Å². The van der Waals surface area contributed by atoms with Crippen molar-refractivity contribution in [2.24, 2.45) is 0 Å². The molecule has 7 heteroatoms. The lowest BCUT2D eigenvalue weighted by molar-refractivity contribution is 0.529. The first-order chi connectivity index (χ1) is 13.4. The van der Waals surface area contributed by atoms with Crippen molar-refractivity contribution in [1.82, 2.24) is 4.98 Å². The molecule has 4 rings (SSSR count). The zero-order valence-corrected chi connectivity index (χ0v) is 17.9. The molecule has 0 spiro atoms. The molecule has 1 aliphatic rings. The first kappa shape index (κ1) is 19.4. The Morgan fingerprint density at radius 1 is 1.11 bits per heavy atom. The summed E-state index contributed by atoms with van der Waals surface area (Å²) >= 11 is 7.59. The van der Waals surface area contributed by atoms with Crippen LogP contribution < -0.4 is 4.90 Å². The van der Waals surface area contributed by atoms with Crippen molar-refractivity contribution in [3.8, 4) is 11.3 Å². The summed E-state index contributed by atoms with van der Waals surface area (Å²) in [6, 6.07) is 14.8. The third kappa shape index (κ3) is 3.81. The second-order valence-corrected chi connectivity index (χ2v) is 10.5. The van der Waals surface area contributed by atoms with E-state index in [1.165, 1.54) is 5.56 Å². The molecular weight excluding hydrogens is 412 g/mol. The SMILES string of the molecule is Cc1ccccc1-c1csc(N2CCC(S(=O)(=O)c3cccc(Cl)c3)CC2)n1. The molecule has 0 bridgehead atoms. The molecule has 2 heterocycles. The van der Waals surface area contributed by atoms with Gasteiger partial charge < -0.3 is 4.90 Å². The molecular formula is C21H21ClN2O2S2. The van der Waals surface area contributed by atoms with E-state index in [2.05, 4.69) is 29.3 Å². The van der Waals surface area contributed by atoms with Crippen LogP contribution in [0.2, 0.25) is 5.02 Å². The van der Waals surface area contributed by atoms with E-state index in [0.717, 1.165) is 16.4 Å². The monoisotopic (exact) mass is 432 g/mol. The Hall–Kier alpha value is -1.89. The third-order valence-electron chi connectivity index (χ3n) is 5.19. The number of hydrogen-bond donors (Lipinski definition) is 0. The molecule has 0 radical (unpaired) electrons. The summed E-state index contributed by atoms with van der Waals surface area (Å²) < 4.78 is 25.8. The first-order valence-corrected chi connectivity index (χ1v) is 12.0. The highest BCUT2D eigenvalue weighted by atomic mass is 35.5. The molecule has 0 unspecified atom stereocenters. The van der Waals surface area contributed by atoms with Gasteiger partial charge in [-0.3, -0.25) is 0 Å². The Balaban J connectivity index is 1.47. The van der Waals surface area contributed by atoms with E-state index in [-0.39, 0.29) is 5.25 Å². The van der Waals surface area contributed by atoms with Gasteiger partial charge in [0.1, 0.15) is 0 Å². The number of anilines is 1. The lowest BCUT2D eigenvalue weighted by Gasteiger charge is -2.31. The minimum atomic E-state index is -3.36. The van der Waals surface area contributed by atoms with Crippen LogP contribution >= 0.6 is 22.9 Å².